The number of carbonyl (C=O) groups is 5. The zero-order chi connectivity index (χ0) is 46.7. The van der Waals surface area contributed by atoms with Gasteiger partial charge in [0.25, 0.3) is 0 Å². The van der Waals surface area contributed by atoms with Gasteiger partial charge in [-0.3, -0.25) is 19.2 Å². The third kappa shape index (κ3) is 7.02. The molecule has 6 N–H and O–H groups in total. The van der Waals surface area contributed by atoms with Gasteiger partial charge in [0.2, 0.25) is 17.3 Å². The number of aryl methyl sites for hydroxylation is 1. The predicted molar refractivity (Wildman–Crippen MR) is 226 cm³/mol. The number of aliphatic hydroxyl groups is 4. The number of rotatable bonds is 12. The van der Waals surface area contributed by atoms with Gasteiger partial charge in [0, 0.05) is 43.4 Å². The van der Waals surface area contributed by atoms with Gasteiger partial charge in [-0.1, -0.05) is 48.5 Å². The highest BCUT2D eigenvalue weighted by Crippen LogP contribution is 2.57. The highest BCUT2D eigenvalue weighted by atomic mass is 16.6. The van der Waals surface area contributed by atoms with Gasteiger partial charge in [0.1, 0.15) is 48.4 Å². The maximum atomic E-state index is 15.3. The lowest BCUT2D eigenvalue weighted by Crippen LogP contribution is -2.73. The number of aliphatic hydroxyl groups excluding tert-OH is 3. The van der Waals surface area contributed by atoms with Gasteiger partial charge in [0.05, 0.1) is 54.8 Å². The molecule has 4 aromatic carbocycles. The number of ether oxygens (including phenoxy) is 6. The number of fused-ring (bicyclic) bond motifs is 5. The van der Waals surface area contributed by atoms with Gasteiger partial charge in [0.15, 0.2) is 17.0 Å². The Balaban J connectivity index is 1.21. The average Bonchev–Trinajstić information content (AvgIpc) is 3.28. The standard InChI is InChI=1S/C48H47NO16/c1-22-15-26-16-33(52)48(62-5)44(57)36-29(17-28-35(40(36)55)32(51)18-31(38(28)53)49-45-30(19-50)39(54)41(60-3)23(2)65-45)43(56)47(48,59)37(26)42(34(22)46(58)61-4)64-21-25-11-13-27(14-12-25)63-20-24-9-7-6-8-10-24/h6-15,17-18,23,30,33,39,41,45,49-50,52,54-55,59H,16,19-21H2,1-5H3/t23-,30+,33+,39-,41-,45?,47-,48+/m0/s1. The largest absolute Gasteiger partial charge is 0.506 e. The number of phenols is 1. The lowest BCUT2D eigenvalue weighted by molar-refractivity contribution is -0.214. The van der Waals surface area contributed by atoms with Crippen LogP contribution in [0.2, 0.25) is 0 Å². The summed E-state index contributed by atoms with van der Waals surface area (Å²) in [7, 11) is 3.44. The van der Waals surface area contributed by atoms with Crippen LogP contribution >= 0.6 is 0 Å². The molecule has 0 spiro atoms. The molecule has 1 saturated heterocycles. The Morgan fingerprint density at radius 3 is 2.22 bits per heavy atom. The van der Waals surface area contributed by atoms with Crippen LogP contribution in [0.5, 0.6) is 17.2 Å². The van der Waals surface area contributed by atoms with Crippen LogP contribution in [0.25, 0.3) is 0 Å². The van der Waals surface area contributed by atoms with Crippen molar-refractivity contribution in [3.63, 3.8) is 0 Å². The summed E-state index contributed by atoms with van der Waals surface area (Å²) in [5.41, 5.74) is -7.96. The van der Waals surface area contributed by atoms with Crippen LogP contribution in [0.1, 0.15) is 86.5 Å². The zero-order valence-corrected chi connectivity index (χ0v) is 35.9. The van der Waals surface area contributed by atoms with Crippen LogP contribution in [0, 0.1) is 12.8 Å². The Kier molecular flexibility index (Phi) is 12.0. The van der Waals surface area contributed by atoms with Gasteiger partial charge in [-0.15, -0.1) is 0 Å². The molecule has 8 rings (SSSR count). The molecule has 0 saturated carbocycles. The molecule has 65 heavy (non-hydrogen) atoms. The topological polar surface area (TPSA) is 254 Å². The summed E-state index contributed by atoms with van der Waals surface area (Å²) in [5.74, 6) is -7.46. The number of aromatic hydroxyl groups is 1. The summed E-state index contributed by atoms with van der Waals surface area (Å²) in [6.45, 7) is 2.60. The molecule has 1 unspecified atom stereocenters. The zero-order valence-electron chi connectivity index (χ0n) is 35.9. The van der Waals surface area contributed by atoms with E-state index in [1.165, 1.54) is 13.2 Å². The number of ketones is 4. The Morgan fingerprint density at radius 2 is 1.57 bits per heavy atom. The van der Waals surface area contributed by atoms with E-state index in [4.69, 9.17) is 28.4 Å². The fraction of sp³-hybridized carbons (Fsp3) is 0.354. The normalized spacial score (nSPS) is 26.9. The minimum Gasteiger partial charge on any atom is -0.506 e. The first-order valence-corrected chi connectivity index (χ1v) is 20.7. The first-order chi connectivity index (χ1) is 31.1. The second kappa shape index (κ2) is 17.2. The summed E-state index contributed by atoms with van der Waals surface area (Å²) < 4.78 is 34.4. The lowest BCUT2D eigenvalue weighted by Gasteiger charge is -2.53. The summed E-state index contributed by atoms with van der Waals surface area (Å²) in [5, 5.41) is 60.7. The maximum Gasteiger partial charge on any atom is 0.341 e. The van der Waals surface area contributed by atoms with E-state index in [1.807, 2.05) is 30.3 Å². The van der Waals surface area contributed by atoms with Crippen molar-refractivity contribution in [1.82, 2.24) is 5.32 Å². The number of Topliss-reactive ketones (excluding diaryl/α,β-unsaturated/α-hetero) is 3. The fourth-order valence-electron chi connectivity index (χ4n) is 9.59. The highest BCUT2D eigenvalue weighted by Gasteiger charge is 2.73. The van der Waals surface area contributed by atoms with Crippen LogP contribution in [-0.2, 0) is 44.2 Å². The molecule has 4 aliphatic rings. The number of esters is 1. The monoisotopic (exact) mass is 893 g/mol. The molecular weight excluding hydrogens is 847 g/mol. The second-order valence-electron chi connectivity index (χ2n) is 16.4. The molecule has 0 radical (unpaired) electrons. The third-order valence-corrected chi connectivity index (χ3v) is 12.8. The van der Waals surface area contributed by atoms with Gasteiger partial charge in [-0.05, 0) is 54.3 Å². The van der Waals surface area contributed by atoms with E-state index in [0.717, 1.165) is 31.9 Å². The summed E-state index contributed by atoms with van der Waals surface area (Å²) >= 11 is 0. The van der Waals surface area contributed by atoms with Crippen molar-refractivity contribution in [2.75, 3.05) is 27.9 Å². The van der Waals surface area contributed by atoms with Crippen molar-refractivity contribution >= 4 is 29.1 Å². The van der Waals surface area contributed by atoms with Crippen LogP contribution in [0.4, 0.5) is 0 Å². The minimum atomic E-state index is -3.21. The van der Waals surface area contributed by atoms with E-state index >= 15 is 4.79 Å². The van der Waals surface area contributed by atoms with Crippen LogP contribution in [0.15, 0.2) is 78.5 Å². The molecule has 0 bridgehead atoms. The van der Waals surface area contributed by atoms with Crippen molar-refractivity contribution < 1.29 is 77.9 Å². The predicted octanol–water partition coefficient (Wildman–Crippen LogP) is 2.80. The number of benzene rings is 4. The molecule has 1 aliphatic heterocycles. The van der Waals surface area contributed by atoms with Gasteiger partial charge in [-0.25, -0.2) is 4.79 Å². The second-order valence-corrected chi connectivity index (χ2v) is 16.4. The molecule has 1 fully saturated rings. The summed E-state index contributed by atoms with van der Waals surface area (Å²) in [6, 6.07) is 18.7. The molecule has 4 aromatic rings. The number of methoxy groups -OCH3 is 3. The Bertz CT molecular complexity index is 2640. The molecule has 17 heteroatoms. The summed E-state index contributed by atoms with van der Waals surface area (Å²) in [4.78, 5) is 71.9. The lowest BCUT2D eigenvalue weighted by atomic mass is 9.56. The van der Waals surface area contributed by atoms with Crippen LogP contribution < -0.4 is 14.8 Å². The number of phenolic OH excluding ortho intramolecular Hbond substituents is 1. The van der Waals surface area contributed by atoms with Crippen molar-refractivity contribution in [1.29, 1.82) is 0 Å². The van der Waals surface area contributed by atoms with E-state index in [1.54, 1.807) is 38.1 Å². The van der Waals surface area contributed by atoms with Crippen LogP contribution in [-0.4, -0.2) is 119 Å². The quantitative estimate of drug-likeness (QED) is 0.112. The number of allylic oxidation sites excluding steroid dienone is 2. The maximum absolute atomic E-state index is 15.3. The van der Waals surface area contributed by atoms with Crippen LogP contribution in [0.3, 0.4) is 0 Å². The molecule has 3 aliphatic carbocycles. The highest BCUT2D eigenvalue weighted by molar-refractivity contribution is 6.31. The molecule has 17 nitrogen and oxygen atoms in total. The Hall–Kier alpha value is -6.31. The molecule has 8 atom stereocenters. The smallest absolute Gasteiger partial charge is 0.341 e. The van der Waals surface area contributed by atoms with E-state index in [2.05, 4.69) is 5.32 Å². The molecule has 1 heterocycles. The molecular formula is C48H47NO16. The Morgan fingerprint density at radius 1 is 0.892 bits per heavy atom. The fourth-order valence-corrected chi connectivity index (χ4v) is 9.59. The van der Waals surface area contributed by atoms with Gasteiger partial charge in [-0.2, -0.15) is 0 Å². The first-order valence-electron chi connectivity index (χ1n) is 20.7. The van der Waals surface area contributed by atoms with Crippen molar-refractivity contribution in [2.24, 2.45) is 5.92 Å². The number of nitrogens with one attached hydrogen (secondary N) is 1. The van der Waals surface area contributed by atoms with E-state index < -0.39 is 129 Å². The Labute approximate surface area is 372 Å². The van der Waals surface area contributed by atoms with E-state index in [0.29, 0.717) is 17.9 Å². The van der Waals surface area contributed by atoms with Gasteiger partial charge < -0.3 is 59.3 Å². The molecule has 0 amide bonds. The minimum absolute atomic E-state index is 0.1000. The SMILES string of the molecule is COC(=O)c1c(C)cc2c(c1OCc1ccc(OCc3ccccc3)cc1)[C@]1(O)C(=O)c3cc4c(c(O)c3C(=O)[C@]1(OC)[C@H](O)C2)C(=O)C=C(NC1O[C@@H](C)[C@H](OC)[C@@H](O)[C@H]1CO)C4=O. The third-order valence-electron chi connectivity index (χ3n) is 12.8. The number of hydrogen-bond donors (Lipinski definition) is 6. The van der Waals surface area contributed by atoms with Crippen molar-refractivity contribution in [3.05, 3.63) is 134 Å². The van der Waals surface area contributed by atoms with Crippen molar-refractivity contribution in [2.45, 2.75) is 75.3 Å². The van der Waals surface area contributed by atoms with Gasteiger partial charge >= 0.3 is 5.97 Å². The summed E-state index contributed by atoms with van der Waals surface area (Å²) in [6.07, 6.45) is -5.62. The average molecular weight is 894 g/mol. The molecule has 0 aromatic heterocycles. The number of hydrogen-bond acceptors (Lipinski definition) is 17. The van der Waals surface area contributed by atoms with Crippen molar-refractivity contribution in [3.8, 4) is 17.2 Å². The first kappa shape index (κ1) is 45.3. The molecule has 340 valence electrons. The van der Waals surface area contributed by atoms with E-state index in [-0.39, 0.29) is 29.0 Å². The van der Waals surface area contributed by atoms with E-state index in [9.17, 15) is 44.7 Å². The number of carbonyl (C=O) groups excluding carboxylic acids is 5.